The number of hydrogen-bond acceptors (Lipinski definition) is 5. The van der Waals surface area contributed by atoms with E-state index in [0.29, 0.717) is 19.4 Å². The van der Waals surface area contributed by atoms with E-state index < -0.39 is 11.3 Å². The Morgan fingerprint density at radius 1 is 1.37 bits per heavy atom. The average molecular weight is 368 g/mol. The van der Waals surface area contributed by atoms with Gasteiger partial charge >= 0.3 is 5.97 Å². The highest BCUT2D eigenvalue weighted by Gasteiger charge is 2.70. The van der Waals surface area contributed by atoms with Gasteiger partial charge in [0, 0.05) is 36.9 Å². The van der Waals surface area contributed by atoms with Crippen LogP contribution in [-0.2, 0) is 26.4 Å². The fourth-order valence-electron chi connectivity index (χ4n) is 5.78. The topological polar surface area (TPSA) is 74.8 Å². The number of nitrogens with one attached hydrogen (secondary N) is 1. The number of carbonyl (C=O) groups excluding carboxylic acids is 1. The van der Waals surface area contributed by atoms with Crippen molar-refractivity contribution >= 4 is 16.9 Å². The standard InChI is InChI=1S/C21H24N2O4/c1-4-12-11-23-17-9-14-13-7-5-6-8-16(13)22-18(14)20(23,25)10-15(12)21(17,27-3)19(24)26-2/h4-8,15,17,22,25H,9-11H2,1-3H3. The Balaban J connectivity index is 1.78. The van der Waals surface area contributed by atoms with Gasteiger partial charge in [-0.05, 0) is 25.0 Å². The van der Waals surface area contributed by atoms with Crippen LogP contribution in [0, 0.1) is 5.92 Å². The molecule has 2 N–H and O–H groups in total. The molecule has 6 rings (SSSR count). The van der Waals surface area contributed by atoms with Gasteiger partial charge in [0.2, 0.25) is 0 Å². The van der Waals surface area contributed by atoms with Crippen LogP contribution in [-0.4, -0.2) is 53.4 Å². The molecule has 0 spiro atoms. The maximum Gasteiger partial charge on any atom is 0.340 e. The molecule has 1 aromatic heterocycles. The number of H-pyrrole nitrogens is 1. The first-order valence-corrected chi connectivity index (χ1v) is 9.39. The van der Waals surface area contributed by atoms with Crippen molar-refractivity contribution < 1.29 is 19.4 Å². The number of rotatable bonds is 2. The van der Waals surface area contributed by atoms with Gasteiger partial charge in [-0.15, -0.1) is 0 Å². The number of carbonyl (C=O) groups is 1. The fraction of sp³-hybridized carbons (Fsp3) is 0.476. The minimum atomic E-state index is -1.13. The highest BCUT2D eigenvalue weighted by Crippen LogP contribution is 2.58. The number of esters is 1. The highest BCUT2D eigenvalue weighted by molar-refractivity contribution is 5.87. The molecule has 5 atom stereocenters. The molecule has 4 aliphatic heterocycles. The van der Waals surface area contributed by atoms with E-state index >= 15 is 0 Å². The number of nitrogens with zero attached hydrogens (tertiary/aromatic N) is 1. The third-order valence-corrected chi connectivity index (χ3v) is 6.98. The van der Waals surface area contributed by atoms with Crippen LogP contribution >= 0.6 is 0 Å². The van der Waals surface area contributed by atoms with Gasteiger partial charge in [0.1, 0.15) is 0 Å². The number of aliphatic hydroxyl groups is 1. The number of allylic oxidation sites excluding steroid dienone is 1. The van der Waals surface area contributed by atoms with Crippen LogP contribution in [0.5, 0.6) is 0 Å². The van der Waals surface area contributed by atoms with Crippen LogP contribution in [0.4, 0.5) is 0 Å². The van der Waals surface area contributed by atoms with E-state index in [0.717, 1.165) is 27.7 Å². The number of methoxy groups -OCH3 is 2. The summed E-state index contributed by atoms with van der Waals surface area (Å²) >= 11 is 0. The molecule has 142 valence electrons. The van der Waals surface area contributed by atoms with E-state index in [-0.39, 0.29) is 17.9 Å². The lowest BCUT2D eigenvalue weighted by molar-refractivity contribution is -0.271. The molecule has 3 fully saturated rings. The van der Waals surface area contributed by atoms with Crippen molar-refractivity contribution in [2.45, 2.75) is 37.1 Å². The first-order valence-electron chi connectivity index (χ1n) is 9.39. The summed E-state index contributed by atoms with van der Waals surface area (Å²) in [4.78, 5) is 18.5. The van der Waals surface area contributed by atoms with E-state index in [1.807, 2.05) is 36.1 Å². The van der Waals surface area contributed by atoms with Gasteiger partial charge in [-0.25, -0.2) is 4.79 Å². The van der Waals surface area contributed by atoms with Crippen molar-refractivity contribution in [2.75, 3.05) is 20.8 Å². The number of ether oxygens (including phenoxy) is 2. The van der Waals surface area contributed by atoms with Crippen LogP contribution < -0.4 is 0 Å². The second-order valence-electron chi connectivity index (χ2n) is 7.80. The Morgan fingerprint density at radius 3 is 2.85 bits per heavy atom. The van der Waals surface area contributed by atoms with E-state index in [4.69, 9.17) is 9.47 Å². The van der Waals surface area contributed by atoms with Crippen LogP contribution in [0.25, 0.3) is 10.9 Å². The molecule has 4 aliphatic rings. The van der Waals surface area contributed by atoms with Gasteiger partial charge in [0.15, 0.2) is 11.3 Å². The Morgan fingerprint density at radius 2 is 2.15 bits per heavy atom. The summed E-state index contributed by atoms with van der Waals surface area (Å²) in [6, 6.07) is 7.79. The second-order valence-corrected chi connectivity index (χ2v) is 7.80. The molecule has 2 aromatic rings. The maximum absolute atomic E-state index is 13.0. The van der Waals surface area contributed by atoms with Crippen molar-refractivity contribution in [3.05, 3.63) is 47.2 Å². The summed E-state index contributed by atoms with van der Waals surface area (Å²) < 4.78 is 11.2. The molecule has 0 radical (unpaired) electrons. The summed E-state index contributed by atoms with van der Waals surface area (Å²) in [5.74, 6) is -0.589. The van der Waals surface area contributed by atoms with Crippen LogP contribution in [0.3, 0.4) is 0 Å². The molecule has 0 saturated carbocycles. The molecular weight excluding hydrogens is 344 g/mol. The van der Waals surface area contributed by atoms with Gasteiger partial charge in [-0.3, -0.25) is 4.90 Å². The summed E-state index contributed by atoms with van der Waals surface area (Å²) in [5, 5.41) is 12.9. The Hall–Kier alpha value is -2.15. The summed E-state index contributed by atoms with van der Waals surface area (Å²) in [5.41, 5.74) is 1.80. The van der Waals surface area contributed by atoms with Crippen LogP contribution in [0.1, 0.15) is 24.6 Å². The predicted molar refractivity (Wildman–Crippen MR) is 100 cm³/mol. The monoisotopic (exact) mass is 368 g/mol. The smallest absolute Gasteiger partial charge is 0.340 e. The fourth-order valence-corrected chi connectivity index (χ4v) is 5.78. The molecule has 0 amide bonds. The number of para-hydroxylation sites is 1. The summed E-state index contributed by atoms with van der Waals surface area (Å²) in [6.45, 7) is 2.60. The van der Waals surface area contributed by atoms with E-state index in [1.54, 1.807) is 7.11 Å². The largest absolute Gasteiger partial charge is 0.467 e. The molecule has 0 aliphatic carbocycles. The second kappa shape index (κ2) is 5.44. The van der Waals surface area contributed by atoms with Crippen molar-refractivity contribution in [3.63, 3.8) is 0 Å². The molecule has 6 heteroatoms. The first kappa shape index (κ1) is 17.0. The van der Waals surface area contributed by atoms with Gasteiger partial charge in [0.05, 0.1) is 18.8 Å². The lowest BCUT2D eigenvalue weighted by Crippen LogP contribution is -2.78. The molecular formula is C21H24N2O4. The molecule has 4 bridgehead atoms. The van der Waals surface area contributed by atoms with E-state index in [9.17, 15) is 9.90 Å². The summed E-state index contributed by atoms with van der Waals surface area (Å²) in [6.07, 6.45) is 3.06. The quantitative estimate of drug-likeness (QED) is 0.627. The molecule has 5 unspecified atom stereocenters. The number of fused-ring (bicyclic) bond motifs is 4. The maximum atomic E-state index is 13.0. The number of aromatic amines is 1. The van der Waals surface area contributed by atoms with Crippen molar-refractivity contribution in [1.29, 1.82) is 0 Å². The highest BCUT2D eigenvalue weighted by atomic mass is 16.6. The van der Waals surface area contributed by atoms with Gasteiger partial charge < -0.3 is 19.6 Å². The lowest BCUT2D eigenvalue weighted by atomic mass is 9.59. The number of aromatic nitrogens is 1. The van der Waals surface area contributed by atoms with Gasteiger partial charge in [-0.1, -0.05) is 29.8 Å². The van der Waals surface area contributed by atoms with Crippen molar-refractivity contribution in [3.8, 4) is 0 Å². The average Bonchev–Trinajstić information content (AvgIpc) is 3.07. The zero-order valence-electron chi connectivity index (χ0n) is 15.8. The minimum absolute atomic E-state index is 0.223. The SMILES string of the molecule is CC=C1CN2C3Cc4c([nH]c5ccccc45)C2(O)CC1C3(OC)C(=O)OC. The molecule has 3 saturated heterocycles. The van der Waals surface area contributed by atoms with Gasteiger partial charge in [0.25, 0.3) is 0 Å². The third kappa shape index (κ3) is 1.83. The Kier molecular flexibility index (Phi) is 3.42. The van der Waals surface area contributed by atoms with E-state index in [2.05, 4.69) is 11.1 Å². The van der Waals surface area contributed by atoms with Crippen LogP contribution in [0.15, 0.2) is 35.9 Å². The summed E-state index contributed by atoms with van der Waals surface area (Å²) in [7, 11) is 2.98. The Labute approximate surface area is 157 Å². The predicted octanol–water partition coefficient (Wildman–Crippen LogP) is 2.08. The van der Waals surface area contributed by atoms with Crippen molar-refractivity contribution in [2.24, 2.45) is 5.92 Å². The third-order valence-electron chi connectivity index (χ3n) is 6.98. The molecule has 1 aromatic carbocycles. The molecule has 6 nitrogen and oxygen atoms in total. The first-order chi connectivity index (χ1) is 13.0. The number of piperidine rings is 3. The van der Waals surface area contributed by atoms with Gasteiger partial charge in [-0.2, -0.15) is 0 Å². The lowest BCUT2D eigenvalue weighted by Gasteiger charge is -2.64. The van der Waals surface area contributed by atoms with Crippen LogP contribution in [0.2, 0.25) is 0 Å². The zero-order chi connectivity index (χ0) is 19.0. The number of hydrogen-bond donors (Lipinski definition) is 2. The minimum Gasteiger partial charge on any atom is -0.467 e. The van der Waals surface area contributed by atoms with Crippen molar-refractivity contribution in [1.82, 2.24) is 9.88 Å². The van der Waals surface area contributed by atoms with E-state index in [1.165, 1.54) is 7.11 Å². The Bertz CT molecular complexity index is 980. The molecule has 5 heterocycles. The normalized spacial score (nSPS) is 38.2. The molecule has 27 heavy (non-hydrogen) atoms. The zero-order valence-corrected chi connectivity index (χ0v) is 15.8. The number of benzene rings is 1.